The Bertz CT molecular complexity index is 295. The molecule has 2 heteroatoms. The highest BCUT2D eigenvalue weighted by Crippen LogP contribution is 2.12. The molecule has 2 nitrogen and oxygen atoms in total. The minimum absolute atomic E-state index is 0.677. The van der Waals surface area contributed by atoms with Crippen LogP contribution in [-0.2, 0) is 0 Å². The van der Waals surface area contributed by atoms with E-state index in [1.54, 1.807) is 6.92 Å². The van der Waals surface area contributed by atoms with Gasteiger partial charge in [0.05, 0.1) is 0 Å². The molecule has 0 spiro atoms. The van der Waals surface area contributed by atoms with Crippen molar-refractivity contribution in [2.24, 2.45) is 5.73 Å². The van der Waals surface area contributed by atoms with Crippen LogP contribution in [0.15, 0.2) is 36.0 Å². The Morgan fingerprint density at radius 1 is 1.33 bits per heavy atom. The van der Waals surface area contributed by atoms with Gasteiger partial charge in [0.15, 0.2) is 0 Å². The molecule has 3 N–H and O–H groups in total. The zero-order chi connectivity index (χ0) is 8.97. The molecular formula is C10H12N2. The summed E-state index contributed by atoms with van der Waals surface area (Å²) >= 11 is 0. The fourth-order valence-corrected chi connectivity index (χ4v) is 1.04. The zero-order valence-corrected chi connectivity index (χ0v) is 7.04. The zero-order valence-electron chi connectivity index (χ0n) is 7.04. The maximum absolute atomic E-state index is 7.16. The van der Waals surface area contributed by atoms with E-state index >= 15 is 0 Å². The fraction of sp³-hybridized carbons (Fsp3) is 0.100. The molecule has 0 bridgehead atoms. The van der Waals surface area contributed by atoms with Crippen molar-refractivity contribution < 1.29 is 0 Å². The van der Waals surface area contributed by atoms with E-state index < -0.39 is 0 Å². The summed E-state index contributed by atoms with van der Waals surface area (Å²) in [5.41, 5.74) is 8.07. The van der Waals surface area contributed by atoms with Crippen molar-refractivity contribution >= 4 is 11.8 Å². The van der Waals surface area contributed by atoms with Gasteiger partial charge in [-0.05, 0) is 12.5 Å². The van der Waals surface area contributed by atoms with Crippen LogP contribution in [-0.4, -0.2) is 6.21 Å². The first kappa shape index (κ1) is 8.53. The third kappa shape index (κ3) is 1.72. The Balaban J connectivity index is 3.14. The van der Waals surface area contributed by atoms with Crippen LogP contribution in [0.3, 0.4) is 0 Å². The van der Waals surface area contributed by atoms with Crippen LogP contribution in [0.2, 0.25) is 0 Å². The molecule has 0 aromatic heterocycles. The number of allylic oxidation sites excluding steroid dienone is 2. The standard InChI is InChI=1S/C10H12N2/c1-8(12)10(7-11)9-5-3-2-4-6-9/h2-7,11H,12H2,1H3/b10-8+,11-7?. The molecule has 0 saturated heterocycles. The van der Waals surface area contributed by atoms with E-state index in [1.807, 2.05) is 30.3 Å². The van der Waals surface area contributed by atoms with Crippen molar-refractivity contribution in [3.8, 4) is 0 Å². The second-order valence-electron chi connectivity index (χ2n) is 2.61. The maximum Gasteiger partial charge on any atom is 0.0273 e. The van der Waals surface area contributed by atoms with Crippen molar-refractivity contribution in [1.82, 2.24) is 0 Å². The van der Waals surface area contributed by atoms with Crippen molar-refractivity contribution in [3.05, 3.63) is 41.6 Å². The molecule has 0 aliphatic rings. The topological polar surface area (TPSA) is 49.9 Å². The van der Waals surface area contributed by atoms with Crippen LogP contribution in [0.5, 0.6) is 0 Å². The van der Waals surface area contributed by atoms with Gasteiger partial charge in [-0.15, -0.1) is 0 Å². The second kappa shape index (κ2) is 3.72. The summed E-state index contributed by atoms with van der Waals surface area (Å²) < 4.78 is 0. The van der Waals surface area contributed by atoms with Gasteiger partial charge in [0.25, 0.3) is 0 Å². The molecule has 12 heavy (non-hydrogen) atoms. The van der Waals surface area contributed by atoms with Gasteiger partial charge >= 0.3 is 0 Å². The van der Waals surface area contributed by atoms with Crippen LogP contribution in [0.4, 0.5) is 0 Å². The first-order chi connectivity index (χ1) is 5.75. The summed E-state index contributed by atoms with van der Waals surface area (Å²) in [6.07, 6.45) is 1.28. The second-order valence-corrected chi connectivity index (χ2v) is 2.61. The van der Waals surface area contributed by atoms with Gasteiger partial charge in [-0.3, -0.25) is 0 Å². The molecule has 0 atom stereocenters. The van der Waals surface area contributed by atoms with Gasteiger partial charge in [-0.1, -0.05) is 30.3 Å². The lowest BCUT2D eigenvalue weighted by Gasteiger charge is -2.02. The molecule has 1 aromatic rings. The van der Waals surface area contributed by atoms with Crippen LogP contribution in [0, 0.1) is 5.41 Å². The Hall–Kier alpha value is -1.57. The van der Waals surface area contributed by atoms with Gasteiger partial charge in [0.1, 0.15) is 0 Å². The predicted octanol–water partition coefficient (Wildman–Crippen LogP) is 2.03. The summed E-state index contributed by atoms with van der Waals surface area (Å²) in [4.78, 5) is 0. The van der Waals surface area contributed by atoms with Crippen molar-refractivity contribution in [2.45, 2.75) is 6.92 Å². The highest BCUT2D eigenvalue weighted by molar-refractivity contribution is 6.09. The molecule has 0 radical (unpaired) electrons. The molecule has 0 unspecified atom stereocenters. The predicted molar refractivity (Wildman–Crippen MR) is 52.0 cm³/mol. The van der Waals surface area contributed by atoms with E-state index in [2.05, 4.69) is 0 Å². The van der Waals surface area contributed by atoms with Crippen molar-refractivity contribution in [1.29, 1.82) is 5.41 Å². The van der Waals surface area contributed by atoms with Gasteiger partial charge in [-0.25, -0.2) is 0 Å². The van der Waals surface area contributed by atoms with Gasteiger partial charge in [0, 0.05) is 17.5 Å². The highest BCUT2D eigenvalue weighted by Gasteiger charge is 1.98. The number of rotatable bonds is 2. The summed E-state index contributed by atoms with van der Waals surface area (Å²) in [6, 6.07) is 9.69. The van der Waals surface area contributed by atoms with E-state index in [0.717, 1.165) is 11.1 Å². The Morgan fingerprint density at radius 2 is 1.92 bits per heavy atom. The quantitative estimate of drug-likeness (QED) is 0.639. The van der Waals surface area contributed by atoms with E-state index in [9.17, 15) is 0 Å². The van der Waals surface area contributed by atoms with Gasteiger partial charge in [-0.2, -0.15) is 0 Å². The minimum atomic E-state index is 0.677. The summed E-state index contributed by atoms with van der Waals surface area (Å²) in [6.45, 7) is 1.80. The van der Waals surface area contributed by atoms with E-state index in [1.165, 1.54) is 6.21 Å². The Labute approximate surface area is 72.2 Å². The molecular weight excluding hydrogens is 148 g/mol. The number of nitrogens with two attached hydrogens (primary N) is 1. The average molecular weight is 160 g/mol. The molecule has 1 aromatic carbocycles. The minimum Gasteiger partial charge on any atom is -0.402 e. The third-order valence-corrected chi connectivity index (χ3v) is 1.65. The number of hydrogen-bond donors (Lipinski definition) is 2. The summed E-state index contributed by atoms with van der Waals surface area (Å²) in [7, 11) is 0. The van der Waals surface area contributed by atoms with Crippen LogP contribution >= 0.6 is 0 Å². The first-order valence-electron chi connectivity index (χ1n) is 3.78. The Morgan fingerprint density at radius 3 is 2.33 bits per heavy atom. The Kier molecular flexibility index (Phi) is 2.64. The SMILES string of the molecule is C/C(N)=C(/C=N)c1ccccc1. The molecule has 1 rings (SSSR count). The molecule has 0 amide bonds. The van der Waals surface area contributed by atoms with E-state index in [-0.39, 0.29) is 0 Å². The molecule has 0 saturated carbocycles. The monoisotopic (exact) mass is 160 g/mol. The molecule has 62 valence electrons. The maximum atomic E-state index is 7.16. The fourth-order valence-electron chi connectivity index (χ4n) is 1.04. The molecule has 0 aliphatic heterocycles. The number of nitrogens with one attached hydrogen (secondary N) is 1. The summed E-state index contributed by atoms with van der Waals surface area (Å²) in [5, 5.41) is 7.16. The van der Waals surface area contributed by atoms with Crippen LogP contribution in [0.25, 0.3) is 5.57 Å². The van der Waals surface area contributed by atoms with Gasteiger partial charge in [0.2, 0.25) is 0 Å². The lowest BCUT2D eigenvalue weighted by Crippen LogP contribution is -1.98. The molecule has 0 aliphatic carbocycles. The first-order valence-corrected chi connectivity index (χ1v) is 3.78. The van der Waals surface area contributed by atoms with Crippen LogP contribution in [0.1, 0.15) is 12.5 Å². The van der Waals surface area contributed by atoms with Crippen molar-refractivity contribution in [3.63, 3.8) is 0 Å². The largest absolute Gasteiger partial charge is 0.402 e. The van der Waals surface area contributed by atoms with E-state index in [4.69, 9.17) is 11.1 Å². The normalized spacial score (nSPS) is 12.1. The lowest BCUT2D eigenvalue weighted by atomic mass is 10.1. The smallest absolute Gasteiger partial charge is 0.0273 e. The number of benzene rings is 1. The third-order valence-electron chi connectivity index (χ3n) is 1.65. The van der Waals surface area contributed by atoms with Crippen LogP contribution < -0.4 is 5.73 Å². The van der Waals surface area contributed by atoms with Gasteiger partial charge < -0.3 is 11.1 Å². The molecule has 0 heterocycles. The van der Waals surface area contributed by atoms with E-state index in [0.29, 0.717) is 5.70 Å². The average Bonchev–Trinajstić information content (AvgIpc) is 2.07. The van der Waals surface area contributed by atoms with Crippen molar-refractivity contribution in [2.75, 3.05) is 0 Å². The molecule has 0 fully saturated rings. The summed E-state index contributed by atoms with van der Waals surface area (Å²) in [5.74, 6) is 0. The lowest BCUT2D eigenvalue weighted by molar-refractivity contribution is 1.33. The highest BCUT2D eigenvalue weighted by atomic mass is 14.6. The number of hydrogen-bond acceptors (Lipinski definition) is 2.